The van der Waals surface area contributed by atoms with E-state index < -0.39 is 6.09 Å². The zero-order chi connectivity index (χ0) is 13.7. The molecule has 2 aromatic rings. The highest BCUT2D eigenvalue weighted by atomic mass is 32.1. The minimum Gasteiger partial charge on any atom is -0.444 e. The minimum absolute atomic E-state index is 0.137. The summed E-state index contributed by atoms with van der Waals surface area (Å²) in [5.41, 5.74) is 1.24. The van der Waals surface area contributed by atoms with Gasteiger partial charge >= 0.3 is 6.09 Å². The van der Waals surface area contributed by atoms with Gasteiger partial charge in [-0.3, -0.25) is 10.1 Å². The standard InChI is InChI=1S/C13H12N2O3S/c1-9(16)11-8-19-12(14-11)15-13(17)18-7-10-5-3-2-4-6-10/h2-6,8H,7H2,1H3,(H,14,15,17). The number of amides is 1. The number of hydrogen-bond donors (Lipinski definition) is 1. The Labute approximate surface area is 114 Å². The van der Waals surface area contributed by atoms with Crippen molar-refractivity contribution in [3.63, 3.8) is 0 Å². The number of Topliss-reactive ketones (excluding diaryl/α,β-unsaturated/α-hetero) is 1. The fourth-order valence-corrected chi connectivity index (χ4v) is 2.07. The molecule has 1 aromatic heterocycles. The summed E-state index contributed by atoms with van der Waals surface area (Å²) in [6.45, 7) is 1.62. The van der Waals surface area contributed by atoms with E-state index in [0.717, 1.165) is 5.56 Å². The Morgan fingerprint density at radius 1 is 1.32 bits per heavy atom. The third-order valence-electron chi connectivity index (χ3n) is 2.29. The lowest BCUT2D eigenvalue weighted by Crippen LogP contribution is -2.13. The molecule has 0 aliphatic carbocycles. The minimum atomic E-state index is -0.590. The number of nitrogens with one attached hydrogen (secondary N) is 1. The average molecular weight is 276 g/mol. The first kappa shape index (κ1) is 13.2. The monoisotopic (exact) mass is 276 g/mol. The molecule has 1 aromatic carbocycles. The zero-order valence-corrected chi connectivity index (χ0v) is 11.1. The number of rotatable bonds is 4. The molecule has 0 unspecified atom stereocenters. The second-order valence-corrected chi connectivity index (χ2v) is 4.64. The van der Waals surface area contributed by atoms with Crippen LogP contribution in [0.15, 0.2) is 35.7 Å². The van der Waals surface area contributed by atoms with Gasteiger partial charge < -0.3 is 4.74 Å². The lowest BCUT2D eigenvalue weighted by Gasteiger charge is -2.04. The molecule has 0 saturated carbocycles. The van der Waals surface area contributed by atoms with Gasteiger partial charge in [-0.05, 0) is 5.56 Å². The van der Waals surface area contributed by atoms with Crippen LogP contribution >= 0.6 is 11.3 Å². The van der Waals surface area contributed by atoms with Crippen molar-refractivity contribution >= 4 is 28.3 Å². The molecule has 6 heteroatoms. The van der Waals surface area contributed by atoms with Gasteiger partial charge in [0.1, 0.15) is 12.3 Å². The predicted octanol–water partition coefficient (Wildman–Crippen LogP) is 3.09. The molecule has 1 amide bonds. The largest absolute Gasteiger partial charge is 0.444 e. The summed E-state index contributed by atoms with van der Waals surface area (Å²) in [5, 5.41) is 4.42. The predicted molar refractivity (Wildman–Crippen MR) is 72.4 cm³/mol. The van der Waals surface area contributed by atoms with Gasteiger partial charge in [-0.2, -0.15) is 0 Å². The van der Waals surface area contributed by atoms with Crippen LogP contribution in [-0.2, 0) is 11.3 Å². The Morgan fingerprint density at radius 2 is 2.05 bits per heavy atom. The summed E-state index contributed by atoms with van der Waals surface area (Å²) in [6, 6.07) is 9.37. The number of benzene rings is 1. The summed E-state index contributed by atoms with van der Waals surface area (Å²) in [6.07, 6.45) is -0.590. The average Bonchev–Trinajstić information content (AvgIpc) is 2.86. The Bertz CT molecular complexity index is 581. The molecule has 0 atom stereocenters. The van der Waals surface area contributed by atoms with Crippen molar-refractivity contribution in [2.45, 2.75) is 13.5 Å². The molecule has 1 N–H and O–H groups in total. The van der Waals surface area contributed by atoms with E-state index in [4.69, 9.17) is 4.74 Å². The highest BCUT2D eigenvalue weighted by Crippen LogP contribution is 2.16. The third-order valence-corrected chi connectivity index (χ3v) is 3.04. The Hall–Kier alpha value is -2.21. The van der Waals surface area contributed by atoms with Crippen LogP contribution in [-0.4, -0.2) is 16.9 Å². The van der Waals surface area contributed by atoms with Crippen molar-refractivity contribution in [3.05, 3.63) is 47.0 Å². The lowest BCUT2D eigenvalue weighted by atomic mass is 10.2. The zero-order valence-electron chi connectivity index (χ0n) is 10.3. The van der Waals surface area contributed by atoms with Crippen LogP contribution in [0.5, 0.6) is 0 Å². The third kappa shape index (κ3) is 3.89. The molecule has 0 aliphatic rings. The molecule has 0 bridgehead atoms. The highest BCUT2D eigenvalue weighted by Gasteiger charge is 2.09. The Balaban J connectivity index is 1.85. The van der Waals surface area contributed by atoms with Crippen LogP contribution in [0.25, 0.3) is 0 Å². The number of ether oxygens (including phenoxy) is 1. The van der Waals surface area contributed by atoms with Crippen molar-refractivity contribution in [1.82, 2.24) is 4.98 Å². The maximum atomic E-state index is 11.5. The van der Waals surface area contributed by atoms with E-state index in [9.17, 15) is 9.59 Å². The van der Waals surface area contributed by atoms with Crippen LogP contribution in [0.4, 0.5) is 9.93 Å². The van der Waals surface area contributed by atoms with Crippen molar-refractivity contribution < 1.29 is 14.3 Å². The Kier molecular flexibility index (Phi) is 4.25. The van der Waals surface area contributed by atoms with E-state index in [0.29, 0.717) is 10.8 Å². The topological polar surface area (TPSA) is 68.3 Å². The first-order valence-electron chi connectivity index (χ1n) is 5.59. The number of nitrogens with zero attached hydrogens (tertiary/aromatic N) is 1. The first-order chi connectivity index (χ1) is 9.15. The fraction of sp³-hybridized carbons (Fsp3) is 0.154. The molecule has 19 heavy (non-hydrogen) atoms. The number of carbonyl (C=O) groups is 2. The molecule has 0 saturated heterocycles. The van der Waals surface area contributed by atoms with Crippen molar-refractivity contribution in [2.24, 2.45) is 0 Å². The lowest BCUT2D eigenvalue weighted by molar-refractivity contribution is 0.101. The molecular formula is C13H12N2O3S. The fourth-order valence-electron chi connectivity index (χ4n) is 1.34. The first-order valence-corrected chi connectivity index (χ1v) is 6.47. The van der Waals surface area contributed by atoms with Crippen LogP contribution < -0.4 is 5.32 Å². The maximum Gasteiger partial charge on any atom is 0.413 e. The van der Waals surface area contributed by atoms with Gasteiger partial charge in [0.25, 0.3) is 0 Å². The second-order valence-electron chi connectivity index (χ2n) is 3.78. The van der Waals surface area contributed by atoms with Gasteiger partial charge in [0, 0.05) is 12.3 Å². The molecule has 0 fully saturated rings. The summed E-state index contributed by atoms with van der Waals surface area (Å²) >= 11 is 1.18. The second kappa shape index (κ2) is 6.10. The van der Waals surface area contributed by atoms with Gasteiger partial charge in [-0.1, -0.05) is 30.3 Å². The molecule has 5 nitrogen and oxygen atoms in total. The van der Waals surface area contributed by atoms with Crippen LogP contribution in [0.1, 0.15) is 23.0 Å². The SMILES string of the molecule is CC(=O)c1csc(NC(=O)OCc2ccccc2)n1. The number of hydrogen-bond acceptors (Lipinski definition) is 5. The maximum absolute atomic E-state index is 11.5. The van der Waals surface area contributed by atoms with E-state index in [1.54, 1.807) is 5.38 Å². The highest BCUT2D eigenvalue weighted by molar-refractivity contribution is 7.14. The van der Waals surface area contributed by atoms with Gasteiger partial charge in [0.2, 0.25) is 0 Å². The molecule has 98 valence electrons. The van der Waals surface area contributed by atoms with Gasteiger partial charge in [0.05, 0.1) is 0 Å². The molecule has 1 heterocycles. The number of thiazole rings is 1. The molecule has 0 spiro atoms. The normalized spacial score (nSPS) is 9.95. The van der Waals surface area contributed by atoms with Crippen LogP contribution in [0, 0.1) is 0 Å². The van der Waals surface area contributed by atoms with E-state index in [2.05, 4.69) is 10.3 Å². The number of carbonyl (C=O) groups excluding carboxylic acids is 2. The number of anilines is 1. The van der Waals surface area contributed by atoms with Crippen LogP contribution in [0.3, 0.4) is 0 Å². The summed E-state index contributed by atoms with van der Waals surface area (Å²) in [4.78, 5) is 26.5. The molecule has 0 aliphatic heterocycles. The quantitative estimate of drug-likeness (QED) is 0.871. The van der Waals surface area contributed by atoms with Crippen molar-refractivity contribution in [3.8, 4) is 0 Å². The summed E-state index contributed by atoms with van der Waals surface area (Å²) in [5.74, 6) is -0.137. The van der Waals surface area contributed by atoms with E-state index in [1.165, 1.54) is 18.3 Å². The van der Waals surface area contributed by atoms with E-state index in [1.807, 2.05) is 30.3 Å². The van der Waals surface area contributed by atoms with Gasteiger partial charge in [-0.25, -0.2) is 9.78 Å². The molecular weight excluding hydrogens is 264 g/mol. The smallest absolute Gasteiger partial charge is 0.413 e. The number of ketones is 1. The Morgan fingerprint density at radius 3 is 2.68 bits per heavy atom. The molecule has 0 radical (unpaired) electrons. The van der Waals surface area contributed by atoms with E-state index in [-0.39, 0.29) is 12.4 Å². The van der Waals surface area contributed by atoms with Gasteiger partial charge in [-0.15, -0.1) is 11.3 Å². The van der Waals surface area contributed by atoms with Crippen molar-refractivity contribution in [2.75, 3.05) is 5.32 Å². The summed E-state index contributed by atoms with van der Waals surface area (Å²) in [7, 11) is 0. The van der Waals surface area contributed by atoms with Gasteiger partial charge in [0.15, 0.2) is 10.9 Å². The van der Waals surface area contributed by atoms with E-state index >= 15 is 0 Å². The number of aromatic nitrogens is 1. The molecule has 2 rings (SSSR count). The summed E-state index contributed by atoms with van der Waals surface area (Å²) < 4.78 is 5.03. The van der Waals surface area contributed by atoms with Crippen LogP contribution in [0.2, 0.25) is 0 Å². The van der Waals surface area contributed by atoms with Crippen molar-refractivity contribution in [1.29, 1.82) is 0 Å².